The lowest BCUT2D eigenvalue weighted by Gasteiger charge is -2.10. The molecule has 1 rings (SSSR count). The van der Waals surface area contributed by atoms with Crippen LogP contribution in [-0.2, 0) is 4.79 Å². The predicted molar refractivity (Wildman–Crippen MR) is 58.7 cm³/mol. The smallest absolute Gasteiger partial charge is 0.325 e. The largest absolute Gasteiger partial charge is 0.480 e. The van der Waals surface area contributed by atoms with Crippen molar-refractivity contribution < 1.29 is 19.1 Å². The van der Waals surface area contributed by atoms with Gasteiger partial charge in [0.1, 0.15) is 11.9 Å². The summed E-state index contributed by atoms with van der Waals surface area (Å²) in [4.78, 5) is 22.1. The standard InChI is InChI=1S/C10H9BrFNO3/c1-5(10(15)16)13-9(14)7-3-2-6(12)4-8(7)11/h2-5H,1H3,(H,13,14)(H,15,16)/t5-/m0/s1. The average molecular weight is 290 g/mol. The van der Waals surface area contributed by atoms with Gasteiger partial charge in [0.15, 0.2) is 0 Å². The number of carboxylic acids is 1. The van der Waals surface area contributed by atoms with Gasteiger partial charge in [0.25, 0.3) is 5.91 Å². The molecule has 0 fully saturated rings. The van der Waals surface area contributed by atoms with Crippen molar-refractivity contribution in [2.24, 2.45) is 0 Å². The van der Waals surface area contributed by atoms with Gasteiger partial charge in [-0.2, -0.15) is 0 Å². The molecule has 1 aromatic carbocycles. The first-order chi connectivity index (χ1) is 7.41. The Morgan fingerprint density at radius 3 is 2.62 bits per heavy atom. The van der Waals surface area contributed by atoms with Crippen LogP contribution < -0.4 is 5.32 Å². The third-order valence-corrected chi connectivity index (χ3v) is 2.55. The minimum absolute atomic E-state index is 0.189. The van der Waals surface area contributed by atoms with Crippen LogP contribution in [0.15, 0.2) is 22.7 Å². The summed E-state index contributed by atoms with van der Waals surface area (Å²) in [6.45, 7) is 1.34. The van der Waals surface area contributed by atoms with Crippen LogP contribution in [0.25, 0.3) is 0 Å². The number of carbonyl (C=O) groups is 2. The SMILES string of the molecule is C[C@H](NC(=O)c1ccc(F)cc1Br)C(=O)O. The minimum Gasteiger partial charge on any atom is -0.480 e. The monoisotopic (exact) mass is 289 g/mol. The van der Waals surface area contributed by atoms with Crippen molar-refractivity contribution in [3.05, 3.63) is 34.1 Å². The molecule has 16 heavy (non-hydrogen) atoms. The molecular weight excluding hydrogens is 281 g/mol. The summed E-state index contributed by atoms with van der Waals surface area (Å²) in [6.07, 6.45) is 0. The van der Waals surface area contributed by atoms with E-state index >= 15 is 0 Å². The van der Waals surface area contributed by atoms with Crippen molar-refractivity contribution in [1.82, 2.24) is 5.32 Å². The second-order valence-corrected chi connectivity index (χ2v) is 4.01. The number of amides is 1. The maximum atomic E-state index is 12.7. The van der Waals surface area contributed by atoms with Crippen molar-refractivity contribution in [1.29, 1.82) is 0 Å². The number of halogens is 2. The second-order valence-electron chi connectivity index (χ2n) is 3.16. The van der Waals surface area contributed by atoms with Gasteiger partial charge < -0.3 is 10.4 Å². The van der Waals surface area contributed by atoms with Crippen LogP contribution in [0.1, 0.15) is 17.3 Å². The molecule has 0 saturated carbocycles. The summed E-state index contributed by atoms with van der Waals surface area (Å²) < 4.78 is 13.0. The van der Waals surface area contributed by atoms with Crippen molar-refractivity contribution in [2.75, 3.05) is 0 Å². The first-order valence-corrected chi connectivity index (χ1v) is 5.20. The summed E-state index contributed by atoms with van der Waals surface area (Å²) in [5.74, 6) is -2.18. The third kappa shape index (κ3) is 3.03. The molecule has 0 aromatic heterocycles. The normalized spacial score (nSPS) is 11.9. The zero-order chi connectivity index (χ0) is 12.3. The van der Waals surface area contributed by atoms with Gasteiger partial charge in [-0.3, -0.25) is 9.59 Å². The Kier molecular flexibility index (Phi) is 4.00. The Labute approximate surface area is 99.6 Å². The molecule has 1 atom stereocenters. The van der Waals surface area contributed by atoms with Crippen LogP contribution in [0.5, 0.6) is 0 Å². The van der Waals surface area contributed by atoms with Crippen molar-refractivity contribution in [2.45, 2.75) is 13.0 Å². The zero-order valence-corrected chi connectivity index (χ0v) is 9.92. The van der Waals surface area contributed by atoms with Gasteiger partial charge in [0, 0.05) is 4.47 Å². The molecular formula is C10H9BrFNO3. The fourth-order valence-electron chi connectivity index (χ4n) is 1.01. The maximum absolute atomic E-state index is 12.7. The van der Waals surface area contributed by atoms with E-state index in [4.69, 9.17) is 5.11 Å². The molecule has 0 saturated heterocycles. The summed E-state index contributed by atoms with van der Waals surface area (Å²) in [7, 11) is 0. The molecule has 6 heteroatoms. The molecule has 0 aliphatic heterocycles. The number of hydrogen-bond donors (Lipinski definition) is 2. The third-order valence-electron chi connectivity index (χ3n) is 1.89. The molecule has 1 aromatic rings. The van der Waals surface area contributed by atoms with E-state index in [1.807, 2.05) is 0 Å². The van der Waals surface area contributed by atoms with Gasteiger partial charge in [-0.1, -0.05) is 0 Å². The van der Waals surface area contributed by atoms with Crippen LogP contribution in [-0.4, -0.2) is 23.0 Å². The first-order valence-electron chi connectivity index (χ1n) is 4.40. The summed E-state index contributed by atoms with van der Waals surface area (Å²) in [5.41, 5.74) is 0.189. The van der Waals surface area contributed by atoms with E-state index in [1.54, 1.807) is 0 Å². The van der Waals surface area contributed by atoms with Gasteiger partial charge in [-0.05, 0) is 41.1 Å². The minimum atomic E-state index is -1.13. The van der Waals surface area contributed by atoms with E-state index in [0.29, 0.717) is 0 Å². The Bertz CT molecular complexity index is 436. The van der Waals surface area contributed by atoms with Gasteiger partial charge in [0.05, 0.1) is 5.56 Å². The van der Waals surface area contributed by atoms with Crippen LogP contribution in [0.3, 0.4) is 0 Å². The Morgan fingerprint density at radius 2 is 2.12 bits per heavy atom. The molecule has 0 aliphatic rings. The Hall–Kier alpha value is -1.43. The highest BCUT2D eigenvalue weighted by molar-refractivity contribution is 9.10. The summed E-state index contributed by atoms with van der Waals surface area (Å²) in [6, 6.07) is 2.55. The highest BCUT2D eigenvalue weighted by Crippen LogP contribution is 2.17. The van der Waals surface area contributed by atoms with Crippen LogP contribution in [0.2, 0.25) is 0 Å². The average Bonchev–Trinajstić information content (AvgIpc) is 2.16. The molecule has 0 bridgehead atoms. The highest BCUT2D eigenvalue weighted by Gasteiger charge is 2.17. The molecule has 0 spiro atoms. The van der Waals surface area contributed by atoms with E-state index < -0.39 is 23.7 Å². The van der Waals surface area contributed by atoms with E-state index in [0.717, 1.165) is 12.1 Å². The molecule has 4 nitrogen and oxygen atoms in total. The number of nitrogens with one attached hydrogen (secondary N) is 1. The number of carbonyl (C=O) groups excluding carboxylic acids is 1. The number of hydrogen-bond acceptors (Lipinski definition) is 2. The fourth-order valence-corrected chi connectivity index (χ4v) is 1.54. The van der Waals surface area contributed by atoms with E-state index in [9.17, 15) is 14.0 Å². The van der Waals surface area contributed by atoms with Crippen LogP contribution in [0, 0.1) is 5.82 Å². The van der Waals surface area contributed by atoms with Crippen molar-refractivity contribution >= 4 is 27.8 Å². The quantitative estimate of drug-likeness (QED) is 0.892. The van der Waals surface area contributed by atoms with Gasteiger partial charge in [-0.15, -0.1) is 0 Å². The van der Waals surface area contributed by atoms with E-state index in [-0.39, 0.29) is 10.0 Å². The lowest BCUT2D eigenvalue weighted by molar-refractivity contribution is -0.138. The molecule has 0 heterocycles. The van der Waals surface area contributed by atoms with Crippen LogP contribution in [0.4, 0.5) is 4.39 Å². The first kappa shape index (κ1) is 12.6. The van der Waals surface area contributed by atoms with Crippen molar-refractivity contribution in [3.63, 3.8) is 0 Å². The number of carboxylic acid groups (broad SMARTS) is 1. The fraction of sp³-hybridized carbons (Fsp3) is 0.200. The van der Waals surface area contributed by atoms with Gasteiger partial charge in [-0.25, -0.2) is 4.39 Å². The van der Waals surface area contributed by atoms with E-state index in [2.05, 4.69) is 21.2 Å². The lowest BCUT2D eigenvalue weighted by Crippen LogP contribution is -2.38. The van der Waals surface area contributed by atoms with Crippen LogP contribution >= 0.6 is 15.9 Å². The van der Waals surface area contributed by atoms with E-state index in [1.165, 1.54) is 13.0 Å². The van der Waals surface area contributed by atoms with Crippen molar-refractivity contribution in [3.8, 4) is 0 Å². The highest BCUT2D eigenvalue weighted by atomic mass is 79.9. The molecule has 2 N–H and O–H groups in total. The van der Waals surface area contributed by atoms with Gasteiger partial charge in [0.2, 0.25) is 0 Å². The Balaban J connectivity index is 2.85. The number of rotatable bonds is 3. The molecule has 1 amide bonds. The Morgan fingerprint density at radius 1 is 1.50 bits per heavy atom. The number of benzene rings is 1. The topological polar surface area (TPSA) is 66.4 Å². The molecule has 86 valence electrons. The summed E-state index contributed by atoms with van der Waals surface area (Å²) in [5, 5.41) is 10.9. The summed E-state index contributed by atoms with van der Waals surface area (Å²) >= 11 is 3.03. The van der Waals surface area contributed by atoms with Gasteiger partial charge >= 0.3 is 5.97 Å². The molecule has 0 aliphatic carbocycles. The predicted octanol–water partition coefficient (Wildman–Crippen LogP) is 1.79. The zero-order valence-electron chi connectivity index (χ0n) is 8.33. The number of aliphatic carboxylic acids is 1. The second kappa shape index (κ2) is 5.07. The maximum Gasteiger partial charge on any atom is 0.325 e. The molecule has 0 unspecified atom stereocenters. The molecule has 0 radical (unpaired) electrons. The lowest BCUT2D eigenvalue weighted by atomic mass is 10.2.